The van der Waals surface area contributed by atoms with Crippen molar-refractivity contribution in [1.82, 2.24) is 19.3 Å². The lowest BCUT2D eigenvalue weighted by Gasteiger charge is -2.17. The first-order chi connectivity index (χ1) is 16.2. The second-order valence-corrected chi connectivity index (χ2v) is 10.4. The minimum Gasteiger partial charge on any atom is -0.507 e. The first kappa shape index (κ1) is 24.9. The summed E-state index contributed by atoms with van der Waals surface area (Å²) in [5.41, 5.74) is 1.68. The molecule has 0 amide bonds. The van der Waals surface area contributed by atoms with E-state index in [0.717, 1.165) is 17.0 Å². The molecule has 35 heavy (non-hydrogen) atoms. The zero-order valence-corrected chi connectivity index (χ0v) is 20.5. The van der Waals surface area contributed by atoms with Crippen molar-refractivity contribution in [2.75, 3.05) is 0 Å². The maximum Gasteiger partial charge on any atom is 0.527 e. The number of phosphoric ester groups is 2. The molecule has 0 aliphatic carbocycles. The van der Waals surface area contributed by atoms with Crippen molar-refractivity contribution < 1.29 is 42.9 Å². The van der Waals surface area contributed by atoms with Crippen molar-refractivity contribution in [3.8, 4) is 34.6 Å². The Hall–Kier alpha value is -3.18. The molecule has 0 radical (unpaired) electrons. The molecule has 15 heteroatoms. The van der Waals surface area contributed by atoms with E-state index in [0.29, 0.717) is 11.3 Å². The van der Waals surface area contributed by atoms with Crippen LogP contribution in [-0.2, 0) is 16.2 Å². The van der Waals surface area contributed by atoms with Crippen molar-refractivity contribution in [2.24, 2.45) is 7.05 Å². The van der Waals surface area contributed by atoms with Gasteiger partial charge in [-0.15, -0.1) is 5.10 Å². The number of aryl methyl sites for hydroxylation is 1. The van der Waals surface area contributed by atoms with Crippen LogP contribution in [0, 0.1) is 0 Å². The second-order valence-electron chi connectivity index (χ2n) is 8.04. The number of benzene rings is 2. The number of nitrogens with zero attached hydrogens (tertiary/aromatic N) is 4. The van der Waals surface area contributed by atoms with Crippen molar-refractivity contribution in [3.05, 3.63) is 48.2 Å². The van der Waals surface area contributed by atoms with Crippen molar-refractivity contribution in [3.63, 3.8) is 0 Å². The van der Waals surface area contributed by atoms with Crippen molar-refractivity contribution >= 4 is 26.5 Å². The molecule has 2 heterocycles. The third-order valence-corrected chi connectivity index (χ3v) is 6.00. The fraction of sp³-hybridized carbons (Fsp3) is 0.200. The maximum absolute atomic E-state index is 11.6. The Morgan fingerprint density at radius 1 is 0.943 bits per heavy atom. The van der Waals surface area contributed by atoms with E-state index >= 15 is 0 Å². The molecular weight excluding hydrogens is 502 g/mol. The molecule has 0 aliphatic rings. The average molecular weight is 524 g/mol. The minimum absolute atomic E-state index is 0.0362. The molecule has 4 rings (SSSR count). The van der Waals surface area contributed by atoms with Gasteiger partial charge in [0.25, 0.3) is 0 Å². The monoisotopic (exact) mass is 524 g/mol. The number of aromatic nitrogens is 4. The van der Waals surface area contributed by atoms with Gasteiger partial charge >= 0.3 is 21.7 Å². The zero-order chi connectivity index (χ0) is 25.7. The van der Waals surface area contributed by atoms with Gasteiger partial charge in [0.1, 0.15) is 11.5 Å². The van der Waals surface area contributed by atoms with Crippen LogP contribution in [0.2, 0.25) is 0 Å². The summed E-state index contributed by atoms with van der Waals surface area (Å²) in [7, 11) is -8.07. The van der Waals surface area contributed by atoms with E-state index in [1.54, 1.807) is 32.0 Å². The van der Waals surface area contributed by atoms with Gasteiger partial charge in [-0.1, -0.05) is 18.9 Å². The summed E-state index contributed by atoms with van der Waals surface area (Å²) in [4.78, 5) is 37.2. The van der Waals surface area contributed by atoms with Gasteiger partial charge in [0, 0.05) is 30.2 Å². The van der Waals surface area contributed by atoms with Crippen molar-refractivity contribution in [2.45, 2.75) is 19.8 Å². The zero-order valence-electron chi connectivity index (χ0n) is 18.7. The molecule has 0 bridgehead atoms. The molecule has 2 aromatic carbocycles. The number of aromatic hydroxyl groups is 1. The highest BCUT2D eigenvalue weighted by atomic mass is 31.2. The lowest BCUT2D eigenvalue weighted by molar-refractivity contribution is 0.272. The summed E-state index contributed by atoms with van der Waals surface area (Å²) in [5.74, 6) is -1.02. The highest BCUT2D eigenvalue weighted by Crippen LogP contribution is 2.46. The smallest absolute Gasteiger partial charge is 0.507 e. The number of hydrogen-bond donors (Lipinski definition) is 5. The Morgan fingerprint density at radius 3 is 2.26 bits per heavy atom. The van der Waals surface area contributed by atoms with Crippen LogP contribution in [0.25, 0.3) is 28.0 Å². The van der Waals surface area contributed by atoms with Gasteiger partial charge in [-0.3, -0.25) is 19.6 Å². The lowest BCUT2D eigenvalue weighted by Crippen LogP contribution is -2.04. The molecule has 0 saturated carbocycles. The summed E-state index contributed by atoms with van der Waals surface area (Å²) in [6.07, 6.45) is 1.84. The Bertz CT molecular complexity index is 1520. The summed E-state index contributed by atoms with van der Waals surface area (Å²) >= 11 is 0. The number of rotatable bonds is 7. The molecule has 0 aliphatic heterocycles. The van der Waals surface area contributed by atoms with E-state index in [1.807, 2.05) is 23.9 Å². The highest BCUT2D eigenvalue weighted by molar-refractivity contribution is 7.47. The SMILES string of the molecule is CC(C)c1cc(-c2nnc(OP(=O)(O)O)n2-c2ccc3c(ccn3C)c2)c(O)cc1OP(=O)(O)O. The van der Waals surface area contributed by atoms with Crippen LogP contribution in [0.4, 0.5) is 0 Å². The predicted molar refractivity (Wildman–Crippen MR) is 124 cm³/mol. The minimum atomic E-state index is -5.02. The van der Waals surface area contributed by atoms with Crippen LogP contribution in [0.1, 0.15) is 25.3 Å². The van der Waals surface area contributed by atoms with Gasteiger partial charge in [-0.05, 0) is 41.8 Å². The van der Waals surface area contributed by atoms with E-state index in [9.17, 15) is 33.8 Å². The molecule has 0 saturated heterocycles. The second kappa shape index (κ2) is 8.80. The summed E-state index contributed by atoms with van der Waals surface area (Å²) < 4.78 is 35.6. The molecule has 5 N–H and O–H groups in total. The van der Waals surface area contributed by atoms with Crippen LogP contribution in [0.3, 0.4) is 0 Å². The topological polar surface area (TPSA) is 189 Å². The summed E-state index contributed by atoms with van der Waals surface area (Å²) in [6, 6.07) is 8.93. The van der Waals surface area contributed by atoms with Gasteiger partial charge in [0.2, 0.25) is 0 Å². The molecule has 0 unspecified atom stereocenters. The Kier molecular flexibility index (Phi) is 6.26. The Labute approximate surface area is 198 Å². The number of fused-ring (bicyclic) bond motifs is 1. The quantitative estimate of drug-likeness (QED) is 0.223. The molecule has 0 fully saturated rings. The maximum atomic E-state index is 11.6. The van der Waals surface area contributed by atoms with Crippen LogP contribution in [-0.4, -0.2) is 44.0 Å². The van der Waals surface area contributed by atoms with E-state index < -0.39 is 27.4 Å². The third kappa shape index (κ3) is 5.25. The third-order valence-electron chi connectivity index (χ3n) is 5.17. The Balaban J connectivity index is 1.95. The number of phosphoric acid groups is 2. The largest absolute Gasteiger partial charge is 0.527 e. The van der Waals surface area contributed by atoms with Gasteiger partial charge in [-0.2, -0.15) is 0 Å². The van der Waals surface area contributed by atoms with E-state index in [4.69, 9.17) is 9.05 Å². The van der Waals surface area contributed by atoms with Gasteiger partial charge in [-0.25, -0.2) is 13.7 Å². The number of phenolic OH excluding ortho intramolecular Hbond substituents is 1. The Morgan fingerprint density at radius 2 is 1.63 bits per heavy atom. The average Bonchev–Trinajstić information content (AvgIpc) is 3.28. The van der Waals surface area contributed by atoms with E-state index in [-0.39, 0.29) is 23.1 Å². The molecule has 4 aromatic rings. The van der Waals surface area contributed by atoms with Gasteiger partial charge in [0.15, 0.2) is 5.82 Å². The van der Waals surface area contributed by atoms with E-state index in [1.165, 1.54) is 10.6 Å². The standard InChI is InChI=1S/C20H22N4O9P2/c1-11(2)14-9-15(17(25)10-18(14)32-34(26,27)28)19-21-22-20(33-35(29,30)31)24(19)13-4-5-16-12(8-13)6-7-23(16)3/h4-11,25H,1-3H3,(H2,26,27,28)(H2,29,30,31). The molecule has 13 nitrogen and oxygen atoms in total. The van der Waals surface area contributed by atoms with Crippen molar-refractivity contribution in [1.29, 1.82) is 0 Å². The normalized spacial score (nSPS) is 12.5. The predicted octanol–water partition coefficient (Wildman–Crippen LogP) is 3.20. The van der Waals surface area contributed by atoms with Gasteiger partial charge in [0.05, 0.1) is 11.3 Å². The molecule has 2 aromatic heterocycles. The van der Waals surface area contributed by atoms with E-state index in [2.05, 4.69) is 10.2 Å². The van der Waals surface area contributed by atoms with Crippen LogP contribution >= 0.6 is 15.6 Å². The number of phenols is 1. The van der Waals surface area contributed by atoms with Crippen LogP contribution in [0.5, 0.6) is 17.5 Å². The summed E-state index contributed by atoms with van der Waals surface area (Å²) in [6.45, 7) is 3.50. The highest BCUT2D eigenvalue weighted by Gasteiger charge is 2.28. The number of hydrogen-bond acceptors (Lipinski definition) is 7. The fourth-order valence-electron chi connectivity index (χ4n) is 3.67. The van der Waals surface area contributed by atoms with Crippen LogP contribution in [0.15, 0.2) is 42.6 Å². The molecule has 186 valence electrons. The first-order valence-electron chi connectivity index (χ1n) is 10.1. The van der Waals surface area contributed by atoms with Gasteiger partial charge < -0.3 is 18.7 Å². The lowest BCUT2D eigenvalue weighted by atomic mass is 9.98. The first-order valence-corrected chi connectivity index (χ1v) is 13.2. The summed E-state index contributed by atoms with van der Waals surface area (Å²) in [5, 5.41) is 19.3. The molecular formula is C20H22N4O9P2. The van der Waals surface area contributed by atoms with Crippen LogP contribution < -0.4 is 9.05 Å². The molecule has 0 spiro atoms. The fourth-order valence-corrected chi connectivity index (χ4v) is 4.42. The molecule has 0 atom stereocenters.